The minimum atomic E-state index is -4.41. The van der Waals surface area contributed by atoms with E-state index in [2.05, 4.69) is 15.5 Å². The summed E-state index contributed by atoms with van der Waals surface area (Å²) in [5.41, 5.74) is -0.472. The maximum Gasteiger partial charge on any atom is 0.416 e. The molecule has 0 radical (unpaired) electrons. The van der Waals surface area contributed by atoms with Crippen LogP contribution in [0.4, 0.5) is 18.3 Å². The zero-order valence-electron chi connectivity index (χ0n) is 11.9. The van der Waals surface area contributed by atoms with Crippen molar-refractivity contribution in [1.29, 1.82) is 0 Å². The average Bonchev–Trinajstić information content (AvgIpc) is 2.92. The van der Waals surface area contributed by atoms with Gasteiger partial charge in [-0.1, -0.05) is 42.2 Å². The highest BCUT2D eigenvalue weighted by Gasteiger charge is 2.30. The fourth-order valence-electron chi connectivity index (χ4n) is 1.58. The van der Waals surface area contributed by atoms with Crippen LogP contribution in [0.3, 0.4) is 0 Å². The lowest BCUT2D eigenvalue weighted by Crippen LogP contribution is -2.07. The van der Waals surface area contributed by atoms with Crippen LogP contribution in [0.2, 0.25) is 0 Å². The van der Waals surface area contributed by atoms with Crippen LogP contribution in [-0.2, 0) is 11.0 Å². The summed E-state index contributed by atoms with van der Waals surface area (Å²) in [7, 11) is 0. The van der Waals surface area contributed by atoms with Crippen molar-refractivity contribution < 1.29 is 18.0 Å². The predicted molar refractivity (Wildman–Crippen MR) is 85.4 cm³/mol. The third kappa shape index (κ3) is 5.36. The summed E-state index contributed by atoms with van der Waals surface area (Å²) >= 11 is 2.75. The molecule has 0 saturated carbocycles. The van der Waals surface area contributed by atoms with Gasteiger partial charge in [-0.25, -0.2) is 0 Å². The van der Waals surface area contributed by atoms with Crippen LogP contribution < -0.4 is 5.32 Å². The number of thioether (sulfide) groups is 1. The number of carbonyl (C=O) groups excluding carboxylic acids is 1. The van der Waals surface area contributed by atoms with E-state index >= 15 is 0 Å². The Labute approximate surface area is 138 Å². The van der Waals surface area contributed by atoms with Crippen molar-refractivity contribution in [3.8, 4) is 0 Å². The lowest BCUT2D eigenvalue weighted by molar-refractivity contribution is -0.137. The molecule has 2 rings (SSSR count). The minimum Gasteiger partial charge on any atom is -0.297 e. The highest BCUT2D eigenvalue weighted by molar-refractivity contribution is 8.01. The number of benzene rings is 1. The lowest BCUT2D eigenvalue weighted by Gasteiger charge is -2.06. The number of hydrogen-bond acceptors (Lipinski definition) is 5. The molecule has 0 saturated heterocycles. The van der Waals surface area contributed by atoms with Crippen molar-refractivity contribution >= 4 is 40.2 Å². The Bertz CT molecular complexity index is 713. The normalized spacial score (nSPS) is 11.8. The smallest absolute Gasteiger partial charge is 0.297 e. The molecule has 0 bridgehead atoms. The van der Waals surface area contributed by atoms with Crippen molar-refractivity contribution in [3.63, 3.8) is 0 Å². The largest absolute Gasteiger partial charge is 0.416 e. The van der Waals surface area contributed by atoms with E-state index in [1.165, 1.54) is 41.3 Å². The van der Waals surface area contributed by atoms with E-state index in [0.29, 0.717) is 5.13 Å². The van der Waals surface area contributed by atoms with E-state index in [9.17, 15) is 18.0 Å². The average molecular weight is 359 g/mol. The monoisotopic (exact) mass is 359 g/mol. The molecule has 0 aliphatic rings. The quantitative estimate of drug-likeness (QED) is 0.491. The van der Waals surface area contributed by atoms with Gasteiger partial charge in [0.1, 0.15) is 0 Å². The van der Waals surface area contributed by atoms with Crippen LogP contribution in [0, 0.1) is 0 Å². The van der Waals surface area contributed by atoms with E-state index in [1.807, 2.05) is 6.92 Å². The molecule has 1 aromatic carbocycles. The molecule has 0 spiro atoms. The van der Waals surface area contributed by atoms with Crippen molar-refractivity contribution in [2.45, 2.75) is 17.4 Å². The number of anilines is 1. The van der Waals surface area contributed by atoms with Gasteiger partial charge in [0.15, 0.2) is 4.34 Å². The first-order valence-corrected chi connectivity index (χ1v) is 8.31. The third-order valence-electron chi connectivity index (χ3n) is 2.55. The van der Waals surface area contributed by atoms with Crippen LogP contribution in [0.15, 0.2) is 34.7 Å². The van der Waals surface area contributed by atoms with Crippen LogP contribution >= 0.6 is 23.1 Å². The first kappa shape index (κ1) is 17.5. The number of nitrogens with zero attached hydrogens (tertiary/aromatic N) is 2. The fraction of sp³-hybridized carbons (Fsp3) is 0.214. The maximum atomic E-state index is 12.6. The van der Waals surface area contributed by atoms with Gasteiger partial charge in [0.2, 0.25) is 11.0 Å². The highest BCUT2D eigenvalue weighted by Crippen LogP contribution is 2.29. The highest BCUT2D eigenvalue weighted by atomic mass is 32.2. The van der Waals surface area contributed by atoms with Gasteiger partial charge in [0.25, 0.3) is 0 Å². The van der Waals surface area contributed by atoms with Crippen LogP contribution in [0.25, 0.3) is 6.08 Å². The lowest BCUT2D eigenvalue weighted by atomic mass is 10.1. The summed E-state index contributed by atoms with van der Waals surface area (Å²) in [4.78, 5) is 11.7. The number of hydrogen-bond donors (Lipinski definition) is 1. The Kier molecular flexibility index (Phi) is 5.78. The summed E-state index contributed by atoms with van der Waals surface area (Å²) in [6.45, 7) is 1.97. The topological polar surface area (TPSA) is 54.9 Å². The van der Waals surface area contributed by atoms with E-state index in [-0.39, 0.29) is 5.56 Å². The predicted octanol–water partition coefficient (Wildman–Crippen LogP) is 4.32. The molecular weight excluding hydrogens is 347 g/mol. The number of rotatable bonds is 5. The number of halogens is 3. The van der Waals surface area contributed by atoms with E-state index in [4.69, 9.17) is 0 Å². The fourth-order valence-corrected chi connectivity index (χ4v) is 3.23. The minimum absolute atomic E-state index is 0.287. The Morgan fingerprint density at radius 1 is 1.39 bits per heavy atom. The molecule has 0 aliphatic heterocycles. The van der Waals surface area contributed by atoms with Gasteiger partial charge in [-0.3, -0.25) is 10.1 Å². The molecule has 1 amide bonds. The number of amides is 1. The number of carbonyl (C=O) groups is 1. The van der Waals surface area contributed by atoms with Crippen LogP contribution in [0.5, 0.6) is 0 Å². The zero-order valence-corrected chi connectivity index (χ0v) is 13.6. The van der Waals surface area contributed by atoms with Gasteiger partial charge >= 0.3 is 6.18 Å². The molecule has 0 aliphatic carbocycles. The molecule has 2 aromatic rings. The molecule has 1 heterocycles. The van der Waals surface area contributed by atoms with Gasteiger partial charge in [-0.2, -0.15) is 13.2 Å². The molecule has 122 valence electrons. The Morgan fingerprint density at radius 2 is 2.17 bits per heavy atom. The van der Waals surface area contributed by atoms with Crippen molar-refractivity contribution in [2.24, 2.45) is 0 Å². The van der Waals surface area contributed by atoms with Crippen molar-refractivity contribution in [3.05, 3.63) is 41.5 Å². The Balaban J connectivity index is 2.00. The molecule has 0 atom stereocenters. The van der Waals surface area contributed by atoms with Crippen molar-refractivity contribution in [2.75, 3.05) is 11.1 Å². The second-order valence-electron chi connectivity index (χ2n) is 4.25. The molecule has 1 aromatic heterocycles. The summed E-state index contributed by atoms with van der Waals surface area (Å²) in [6, 6.07) is 4.73. The van der Waals surface area contributed by atoms with Crippen LogP contribution in [0.1, 0.15) is 18.1 Å². The number of alkyl halides is 3. The first-order chi connectivity index (χ1) is 10.9. The van der Waals surface area contributed by atoms with Gasteiger partial charge in [-0.15, -0.1) is 10.2 Å². The Hall–Kier alpha value is -1.87. The maximum absolute atomic E-state index is 12.6. The Morgan fingerprint density at radius 3 is 2.87 bits per heavy atom. The third-order valence-corrected chi connectivity index (χ3v) is 4.40. The summed E-state index contributed by atoms with van der Waals surface area (Å²) < 4.78 is 38.5. The van der Waals surface area contributed by atoms with Gasteiger partial charge in [0, 0.05) is 6.08 Å². The van der Waals surface area contributed by atoms with E-state index in [0.717, 1.165) is 28.3 Å². The molecule has 9 heteroatoms. The second-order valence-corrected chi connectivity index (χ2v) is 6.74. The first-order valence-electron chi connectivity index (χ1n) is 6.51. The molecular formula is C14H12F3N3OS2. The molecule has 0 fully saturated rings. The molecule has 0 unspecified atom stereocenters. The number of nitrogens with one attached hydrogen (secondary N) is 1. The SMILES string of the molecule is CCSc1nnc(NC(=O)C=Cc2cccc(C(F)(F)F)c2)s1. The molecule has 4 nitrogen and oxygen atoms in total. The van der Waals surface area contributed by atoms with Crippen molar-refractivity contribution in [1.82, 2.24) is 10.2 Å². The van der Waals surface area contributed by atoms with E-state index in [1.54, 1.807) is 0 Å². The number of aromatic nitrogens is 2. The molecule has 23 heavy (non-hydrogen) atoms. The zero-order chi connectivity index (χ0) is 16.9. The standard InChI is InChI=1S/C14H12F3N3OS2/c1-2-22-13-20-19-12(23-13)18-11(21)7-6-9-4-3-5-10(8-9)14(15,16)17/h3-8H,2H2,1H3,(H,18,19,21). The van der Waals surface area contributed by atoms with E-state index < -0.39 is 17.6 Å². The van der Waals surface area contributed by atoms with Gasteiger partial charge in [-0.05, 0) is 29.5 Å². The summed E-state index contributed by atoms with van der Waals surface area (Å²) in [6.07, 6.45) is -1.94. The summed E-state index contributed by atoms with van der Waals surface area (Å²) in [5.74, 6) is 0.365. The molecule has 1 N–H and O–H groups in total. The summed E-state index contributed by atoms with van der Waals surface area (Å²) in [5, 5.41) is 10.6. The van der Waals surface area contributed by atoms with Gasteiger partial charge < -0.3 is 0 Å². The van der Waals surface area contributed by atoms with Gasteiger partial charge in [0.05, 0.1) is 5.56 Å². The second kappa shape index (κ2) is 7.60. The van der Waals surface area contributed by atoms with Crippen LogP contribution in [-0.4, -0.2) is 21.9 Å².